The molecule has 176 valence electrons. The van der Waals surface area contributed by atoms with Crippen LogP contribution < -0.4 is 20.5 Å². The van der Waals surface area contributed by atoms with E-state index in [1.807, 2.05) is 41.0 Å². The van der Waals surface area contributed by atoms with Gasteiger partial charge in [0.15, 0.2) is 5.17 Å². The molecule has 2 heterocycles. The number of carbonyl (C=O) groups is 1. The van der Waals surface area contributed by atoms with Crippen molar-refractivity contribution < 1.29 is 9.53 Å². The number of thioether (sulfide) groups is 1. The first kappa shape index (κ1) is 24.5. The maximum atomic E-state index is 13.4. The number of hydrazine groups is 1. The Morgan fingerprint density at radius 1 is 1.28 bits per heavy atom. The summed E-state index contributed by atoms with van der Waals surface area (Å²) in [5.74, 6) is 1.23. The van der Waals surface area contributed by atoms with Gasteiger partial charge in [-0.15, -0.1) is 0 Å². The van der Waals surface area contributed by atoms with E-state index < -0.39 is 0 Å². The molecule has 1 amide bonds. The molecule has 0 bridgehead atoms. The molecule has 2 aliphatic rings. The third-order valence-electron chi connectivity index (χ3n) is 5.84. The first-order valence-electron chi connectivity index (χ1n) is 11.5. The smallest absolute Gasteiger partial charge is 0.236 e. The van der Waals surface area contributed by atoms with Crippen LogP contribution in [-0.2, 0) is 4.79 Å². The van der Waals surface area contributed by atoms with E-state index in [9.17, 15) is 4.79 Å². The Kier molecular flexibility index (Phi) is 8.56. The largest absolute Gasteiger partial charge is 0.497 e. The summed E-state index contributed by atoms with van der Waals surface area (Å²) in [5, 5.41) is 9.45. The molecule has 0 spiro atoms. The number of anilines is 1. The fourth-order valence-electron chi connectivity index (χ4n) is 4.19. The minimum atomic E-state index is -0.254. The monoisotopic (exact) mass is 460 g/mol. The molecule has 0 aliphatic carbocycles. The zero-order valence-electron chi connectivity index (χ0n) is 19.7. The van der Waals surface area contributed by atoms with E-state index in [4.69, 9.17) is 15.1 Å². The van der Waals surface area contributed by atoms with Gasteiger partial charge in [0.2, 0.25) is 5.91 Å². The van der Waals surface area contributed by atoms with Crippen LogP contribution in [0.5, 0.6) is 5.75 Å². The van der Waals surface area contributed by atoms with Gasteiger partial charge in [-0.05, 0) is 38.3 Å². The van der Waals surface area contributed by atoms with Gasteiger partial charge in [-0.3, -0.25) is 20.5 Å². The minimum Gasteiger partial charge on any atom is -0.497 e. The lowest BCUT2D eigenvalue weighted by Gasteiger charge is -2.37. The zero-order chi connectivity index (χ0) is 23.3. The van der Waals surface area contributed by atoms with Crippen molar-refractivity contribution in [2.24, 2.45) is 10.9 Å². The summed E-state index contributed by atoms with van der Waals surface area (Å²) in [4.78, 5) is 22.2. The Labute approximate surface area is 195 Å². The second kappa shape index (κ2) is 11.2. The molecule has 8 nitrogen and oxygen atoms in total. The van der Waals surface area contributed by atoms with Crippen molar-refractivity contribution in [3.05, 3.63) is 24.3 Å². The minimum absolute atomic E-state index is 0.0733. The van der Waals surface area contributed by atoms with E-state index in [1.165, 1.54) is 11.8 Å². The highest BCUT2D eigenvalue weighted by molar-refractivity contribution is 8.15. The van der Waals surface area contributed by atoms with Gasteiger partial charge in [-0.2, -0.15) is 0 Å². The Hall–Kier alpha value is -2.10. The van der Waals surface area contributed by atoms with E-state index in [-0.39, 0.29) is 29.3 Å². The number of nitrogens with zero attached hydrogens (tertiary/aromatic N) is 3. The van der Waals surface area contributed by atoms with E-state index in [1.54, 1.807) is 7.11 Å². The number of hydrogen-bond donors (Lipinski definition) is 3. The number of ether oxygens (including phenoxy) is 1. The number of carbonyl (C=O) groups excluding carboxylic acids is 1. The Morgan fingerprint density at radius 3 is 2.62 bits per heavy atom. The molecule has 0 radical (unpaired) electrons. The average molecular weight is 461 g/mol. The predicted molar refractivity (Wildman–Crippen MR) is 132 cm³/mol. The molecule has 3 rings (SSSR count). The second-order valence-electron chi connectivity index (χ2n) is 8.22. The van der Waals surface area contributed by atoms with Gasteiger partial charge < -0.3 is 9.64 Å². The topological polar surface area (TPSA) is 93.1 Å². The number of methoxy groups -OCH3 is 1. The zero-order valence-corrected chi connectivity index (χ0v) is 20.5. The Bertz CT molecular complexity index is 842. The summed E-state index contributed by atoms with van der Waals surface area (Å²) >= 11 is 1.46. The maximum absolute atomic E-state index is 13.4. The van der Waals surface area contributed by atoms with Gasteiger partial charge in [0, 0.05) is 25.2 Å². The van der Waals surface area contributed by atoms with Gasteiger partial charge in [0.1, 0.15) is 17.8 Å². The van der Waals surface area contributed by atoms with Crippen molar-refractivity contribution in [3.63, 3.8) is 0 Å². The van der Waals surface area contributed by atoms with Crippen molar-refractivity contribution in [2.45, 2.75) is 64.4 Å². The lowest BCUT2D eigenvalue weighted by Crippen LogP contribution is -2.51. The van der Waals surface area contributed by atoms with E-state index in [0.29, 0.717) is 17.4 Å². The third kappa shape index (κ3) is 5.10. The lowest BCUT2D eigenvalue weighted by molar-refractivity contribution is -0.130. The summed E-state index contributed by atoms with van der Waals surface area (Å²) < 4.78 is 5.42. The van der Waals surface area contributed by atoms with Crippen LogP contribution in [0.25, 0.3) is 0 Å². The molecule has 3 N–H and O–H groups in total. The number of hydrogen-bond acceptors (Lipinski definition) is 7. The number of rotatable bonds is 9. The molecule has 32 heavy (non-hydrogen) atoms. The molecular formula is C23H36N6O2S. The van der Waals surface area contributed by atoms with Gasteiger partial charge in [-0.25, -0.2) is 10.4 Å². The predicted octanol–water partition coefficient (Wildman–Crippen LogP) is 3.45. The first-order chi connectivity index (χ1) is 15.4. The fourth-order valence-corrected chi connectivity index (χ4v) is 5.35. The quantitative estimate of drug-likeness (QED) is 0.523. The molecule has 0 saturated carbocycles. The number of nitrogens with one attached hydrogen (secondary N) is 3. The Balaban J connectivity index is 1.95. The highest BCUT2D eigenvalue weighted by Gasteiger charge is 2.44. The molecule has 2 aliphatic heterocycles. The summed E-state index contributed by atoms with van der Waals surface area (Å²) in [7, 11) is 1.63. The van der Waals surface area contributed by atoms with Gasteiger partial charge >= 0.3 is 0 Å². The van der Waals surface area contributed by atoms with Crippen LogP contribution in [-0.4, -0.2) is 59.5 Å². The van der Waals surface area contributed by atoms with Crippen LogP contribution in [0.1, 0.15) is 47.0 Å². The third-order valence-corrected chi connectivity index (χ3v) is 7.16. The fraction of sp³-hybridized carbons (Fsp3) is 0.609. The molecular weight excluding hydrogens is 424 g/mol. The van der Waals surface area contributed by atoms with Crippen LogP contribution in [0, 0.1) is 11.3 Å². The molecule has 1 aromatic rings. The van der Waals surface area contributed by atoms with Crippen molar-refractivity contribution in [1.82, 2.24) is 15.8 Å². The van der Waals surface area contributed by atoms with Crippen molar-refractivity contribution in [2.75, 3.05) is 25.1 Å². The standard InChI is InChI=1S/C23H36N6O2S/c1-6-12-28(13-7-2)22(30)18(8-3)32-23-25-21-19(15(4)26-27-21)20(24)29(23)16-10-9-11-17(14-16)31-5/h9-11,14-15,18-19,21,24,26-27H,6-8,12-13H2,1-5H3. The molecule has 1 saturated heterocycles. The summed E-state index contributed by atoms with van der Waals surface area (Å²) in [6.45, 7) is 9.81. The van der Waals surface area contributed by atoms with Crippen LogP contribution >= 0.6 is 11.8 Å². The molecule has 1 aromatic carbocycles. The van der Waals surface area contributed by atoms with E-state index in [2.05, 4.69) is 31.6 Å². The van der Waals surface area contributed by atoms with E-state index in [0.717, 1.165) is 37.4 Å². The maximum Gasteiger partial charge on any atom is 0.236 e. The molecule has 1 fully saturated rings. The van der Waals surface area contributed by atoms with Crippen LogP contribution in [0.2, 0.25) is 0 Å². The number of fused-ring (bicyclic) bond motifs is 1. The van der Waals surface area contributed by atoms with E-state index >= 15 is 0 Å². The number of benzene rings is 1. The first-order valence-corrected chi connectivity index (χ1v) is 12.4. The number of amides is 1. The van der Waals surface area contributed by atoms with Crippen molar-refractivity contribution >= 4 is 34.4 Å². The van der Waals surface area contributed by atoms with Crippen molar-refractivity contribution in [1.29, 1.82) is 5.41 Å². The van der Waals surface area contributed by atoms with Gasteiger partial charge in [0.05, 0.1) is 24.0 Å². The van der Waals surface area contributed by atoms with Crippen LogP contribution in [0.3, 0.4) is 0 Å². The SMILES string of the molecule is CCCN(CCC)C(=O)C(CC)SC1=NC2NNC(C)C2C(=N)N1c1cccc(OC)c1. The van der Waals surface area contributed by atoms with Crippen LogP contribution in [0.15, 0.2) is 29.3 Å². The van der Waals surface area contributed by atoms with Gasteiger partial charge in [0.25, 0.3) is 0 Å². The van der Waals surface area contributed by atoms with Crippen molar-refractivity contribution in [3.8, 4) is 5.75 Å². The number of amidine groups is 2. The van der Waals surface area contributed by atoms with Gasteiger partial charge in [-0.1, -0.05) is 38.6 Å². The summed E-state index contributed by atoms with van der Waals surface area (Å²) in [6.07, 6.45) is 2.34. The Morgan fingerprint density at radius 2 is 2.00 bits per heavy atom. The average Bonchev–Trinajstić information content (AvgIpc) is 3.17. The highest BCUT2D eigenvalue weighted by atomic mass is 32.2. The second-order valence-corrected chi connectivity index (χ2v) is 9.39. The lowest BCUT2D eigenvalue weighted by atomic mass is 9.97. The highest BCUT2D eigenvalue weighted by Crippen LogP contribution is 2.35. The number of aliphatic imine (C=N–C) groups is 1. The molecule has 0 aromatic heterocycles. The normalized spacial score (nSPS) is 23.5. The molecule has 9 heteroatoms. The molecule has 4 unspecified atom stereocenters. The summed E-state index contributed by atoms with van der Waals surface area (Å²) in [5.41, 5.74) is 7.24. The van der Waals surface area contributed by atoms with Crippen LogP contribution in [0.4, 0.5) is 5.69 Å². The molecule has 4 atom stereocenters. The summed E-state index contributed by atoms with van der Waals surface area (Å²) in [6, 6.07) is 7.74.